The van der Waals surface area contributed by atoms with Gasteiger partial charge in [0.2, 0.25) is 0 Å². The number of carbonyl (C=O) groups excluding carboxylic acids is 1. The van der Waals surface area contributed by atoms with Crippen LogP contribution in [0.5, 0.6) is 17.2 Å². The number of hydrazone groups is 1. The van der Waals surface area contributed by atoms with Gasteiger partial charge in [-0.15, -0.1) is 0 Å². The van der Waals surface area contributed by atoms with Crippen LogP contribution in [0.15, 0.2) is 35.4 Å². The van der Waals surface area contributed by atoms with Crippen LogP contribution in [0.4, 0.5) is 4.79 Å². The maximum absolute atomic E-state index is 10.6. The molecule has 0 saturated heterocycles. The van der Waals surface area contributed by atoms with E-state index in [0.29, 0.717) is 41.7 Å². The first-order chi connectivity index (χ1) is 13.4. The van der Waals surface area contributed by atoms with Crippen molar-refractivity contribution in [2.75, 3.05) is 20.3 Å². The van der Waals surface area contributed by atoms with E-state index in [4.69, 9.17) is 31.5 Å². The quantitative estimate of drug-likeness (QED) is 0.376. The highest BCUT2D eigenvalue weighted by atomic mass is 35.5. The van der Waals surface area contributed by atoms with Crippen LogP contribution in [-0.2, 0) is 0 Å². The van der Waals surface area contributed by atoms with Gasteiger partial charge in [0, 0.05) is 6.42 Å². The van der Waals surface area contributed by atoms with Crippen LogP contribution in [0.3, 0.4) is 0 Å². The van der Waals surface area contributed by atoms with Gasteiger partial charge in [-0.1, -0.05) is 23.7 Å². The number of nitrogens with zero attached hydrogens (tertiary/aromatic N) is 1. The van der Waals surface area contributed by atoms with E-state index >= 15 is 0 Å². The summed E-state index contributed by atoms with van der Waals surface area (Å²) in [4.78, 5) is 10.6. The van der Waals surface area contributed by atoms with Crippen molar-refractivity contribution in [2.45, 2.75) is 20.3 Å². The van der Waals surface area contributed by atoms with Crippen LogP contribution in [0.1, 0.15) is 23.1 Å². The molecule has 2 aromatic carbocycles. The van der Waals surface area contributed by atoms with Crippen LogP contribution < -0.4 is 25.4 Å². The maximum atomic E-state index is 10.6. The molecule has 2 rings (SSSR count). The van der Waals surface area contributed by atoms with E-state index in [9.17, 15) is 4.79 Å². The lowest BCUT2D eigenvalue weighted by Crippen LogP contribution is -2.24. The molecule has 8 heteroatoms. The molecule has 2 amide bonds. The zero-order valence-corrected chi connectivity index (χ0v) is 16.9. The Kier molecular flexibility index (Phi) is 7.95. The van der Waals surface area contributed by atoms with Gasteiger partial charge in [-0.25, -0.2) is 10.2 Å². The number of ether oxygens (including phenoxy) is 3. The zero-order valence-electron chi connectivity index (χ0n) is 16.1. The molecule has 3 N–H and O–H groups in total. The smallest absolute Gasteiger partial charge is 0.332 e. The summed E-state index contributed by atoms with van der Waals surface area (Å²) in [5.41, 5.74) is 9.95. The second-order valence-electron chi connectivity index (χ2n) is 6.09. The van der Waals surface area contributed by atoms with Gasteiger partial charge in [0.1, 0.15) is 5.75 Å². The number of carbonyl (C=O) groups is 1. The lowest BCUT2D eigenvalue weighted by atomic mass is 10.1. The molecule has 0 atom stereocenters. The normalized spacial score (nSPS) is 10.7. The van der Waals surface area contributed by atoms with Gasteiger partial charge in [0.15, 0.2) is 11.5 Å². The van der Waals surface area contributed by atoms with Crippen molar-refractivity contribution in [1.29, 1.82) is 0 Å². The first-order valence-electron chi connectivity index (χ1n) is 8.69. The fourth-order valence-electron chi connectivity index (χ4n) is 2.40. The fourth-order valence-corrected chi connectivity index (χ4v) is 2.68. The average molecular weight is 406 g/mol. The predicted octanol–water partition coefficient (Wildman–Crippen LogP) is 3.82. The van der Waals surface area contributed by atoms with Crippen molar-refractivity contribution >= 4 is 23.8 Å². The van der Waals surface area contributed by atoms with E-state index in [1.165, 1.54) is 13.3 Å². The summed E-state index contributed by atoms with van der Waals surface area (Å²) in [7, 11) is 1.52. The van der Waals surface area contributed by atoms with Crippen molar-refractivity contribution in [1.82, 2.24) is 5.43 Å². The Morgan fingerprint density at radius 3 is 2.64 bits per heavy atom. The van der Waals surface area contributed by atoms with Gasteiger partial charge in [-0.3, -0.25) is 0 Å². The number of primary amides is 1. The van der Waals surface area contributed by atoms with Crippen LogP contribution in [0.25, 0.3) is 0 Å². The molecule has 2 aromatic rings. The summed E-state index contributed by atoms with van der Waals surface area (Å²) in [6, 6.07) is 8.70. The molecule has 150 valence electrons. The first-order valence-corrected chi connectivity index (χ1v) is 9.07. The van der Waals surface area contributed by atoms with Gasteiger partial charge in [-0.2, -0.15) is 5.10 Å². The molecular formula is C20H24ClN3O4. The topological polar surface area (TPSA) is 95.2 Å². The van der Waals surface area contributed by atoms with E-state index < -0.39 is 6.03 Å². The van der Waals surface area contributed by atoms with E-state index in [0.717, 1.165) is 16.9 Å². The number of halogens is 1. The number of amides is 2. The van der Waals surface area contributed by atoms with Crippen molar-refractivity contribution in [2.24, 2.45) is 10.8 Å². The standard InChI is InChI=1S/C20H24ClN3O4/c1-13-5-6-14(2)17(9-13)27-7-4-8-28-19-16(21)10-15(11-18(19)26-3)12-23-24-20(22)25/h5-6,9-12H,4,7-8H2,1-3H3,(H3,22,24,25)/b23-12+. The molecule has 0 aromatic heterocycles. The Hall–Kier alpha value is -2.93. The minimum Gasteiger partial charge on any atom is -0.493 e. The Morgan fingerprint density at radius 2 is 1.93 bits per heavy atom. The second-order valence-corrected chi connectivity index (χ2v) is 6.49. The van der Waals surface area contributed by atoms with Crippen LogP contribution in [0, 0.1) is 13.8 Å². The lowest BCUT2D eigenvalue weighted by Gasteiger charge is -2.14. The number of aryl methyl sites for hydroxylation is 2. The third-order valence-electron chi connectivity index (χ3n) is 3.78. The summed E-state index contributed by atoms with van der Waals surface area (Å²) < 4.78 is 16.9. The average Bonchev–Trinajstić information content (AvgIpc) is 2.64. The SMILES string of the molecule is COc1cc(/C=N/NC(N)=O)cc(Cl)c1OCCCOc1cc(C)ccc1C. The monoisotopic (exact) mass is 405 g/mol. The largest absolute Gasteiger partial charge is 0.493 e. The number of urea groups is 1. The number of hydrogen-bond donors (Lipinski definition) is 2. The van der Waals surface area contributed by atoms with E-state index in [1.54, 1.807) is 12.1 Å². The van der Waals surface area contributed by atoms with E-state index in [2.05, 4.69) is 16.6 Å². The molecule has 0 aliphatic rings. The predicted molar refractivity (Wildman–Crippen MR) is 110 cm³/mol. The Labute approximate surface area is 169 Å². The van der Waals surface area contributed by atoms with Gasteiger partial charge >= 0.3 is 6.03 Å². The summed E-state index contributed by atoms with van der Waals surface area (Å²) in [5, 5.41) is 4.07. The third-order valence-corrected chi connectivity index (χ3v) is 4.06. The molecule has 0 unspecified atom stereocenters. The Bertz CT molecular complexity index is 856. The van der Waals surface area contributed by atoms with Gasteiger partial charge < -0.3 is 19.9 Å². The zero-order chi connectivity index (χ0) is 20.5. The lowest BCUT2D eigenvalue weighted by molar-refractivity contribution is 0.240. The number of nitrogens with one attached hydrogen (secondary N) is 1. The molecule has 0 fully saturated rings. The second kappa shape index (κ2) is 10.4. The number of benzene rings is 2. The minimum atomic E-state index is -0.752. The van der Waals surface area contributed by atoms with Crippen LogP contribution in [-0.4, -0.2) is 32.6 Å². The number of rotatable bonds is 9. The third kappa shape index (κ3) is 6.35. The van der Waals surface area contributed by atoms with Gasteiger partial charge in [0.05, 0.1) is 31.6 Å². The molecule has 0 heterocycles. The number of nitrogens with two attached hydrogens (primary N) is 1. The first kappa shape index (κ1) is 21.4. The summed E-state index contributed by atoms with van der Waals surface area (Å²) in [6.07, 6.45) is 2.08. The highest BCUT2D eigenvalue weighted by Gasteiger charge is 2.11. The molecule has 0 bridgehead atoms. The van der Waals surface area contributed by atoms with Crippen LogP contribution in [0.2, 0.25) is 5.02 Å². The van der Waals surface area contributed by atoms with Crippen LogP contribution >= 0.6 is 11.6 Å². The van der Waals surface area contributed by atoms with E-state index in [-0.39, 0.29) is 0 Å². The van der Waals surface area contributed by atoms with Gasteiger partial charge in [-0.05, 0) is 48.7 Å². The van der Waals surface area contributed by atoms with Gasteiger partial charge in [0.25, 0.3) is 0 Å². The Morgan fingerprint density at radius 1 is 1.18 bits per heavy atom. The Balaban J connectivity index is 1.91. The molecule has 0 radical (unpaired) electrons. The summed E-state index contributed by atoms with van der Waals surface area (Å²) in [5.74, 6) is 1.78. The van der Waals surface area contributed by atoms with Crippen molar-refractivity contribution in [3.63, 3.8) is 0 Å². The minimum absolute atomic E-state index is 0.371. The number of methoxy groups -OCH3 is 1. The molecular weight excluding hydrogens is 382 g/mol. The van der Waals surface area contributed by atoms with Crippen molar-refractivity contribution < 1.29 is 19.0 Å². The highest BCUT2D eigenvalue weighted by Crippen LogP contribution is 2.36. The summed E-state index contributed by atoms with van der Waals surface area (Å²) in [6.45, 7) is 4.98. The van der Waals surface area contributed by atoms with Crippen molar-refractivity contribution in [3.8, 4) is 17.2 Å². The summed E-state index contributed by atoms with van der Waals surface area (Å²) >= 11 is 6.29. The number of hydrogen-bond acceptors (Lipinski definition) is 5. The molecule has 0 aliphatic heterocycles. The molecule has 0 saturated carbocycles. The molecule has 0 aliphatic carbocycles. The highest BCUT2D eigenvalue weighted by molar-refractivity contribution is 6.32. The fraction of sp³-hybridized carbons (Fsp3) is 0.300. The molecule has 28 heavy (non-hydrogen) atoms. The molecule has 7 nitrogen and oxygen atoms in total. The van der Waals surface area contributed by atoms with E-state index in [1.807, 2.05) is 26.0 Å². The molecule has 0 spiro atoms. The maximum Gasteiger partial charge on any atom is 0.332 e. The van der Waals surface area contributed by atoms with Crippen molar-refractivity contribution in [3.05, 3.63) is 52.0 Å².